The van der Waals surface area contributed by atoms with Gasteiger partial charge in [0.15, 0.2) is 0 Å². The molecule has 1 aromatic heterocycles. The Morgan fingerprint density at radius 3 is 3.10 bits per heavy atom. The van der Waals surface area contributed by atoms with Crippen molar-refractivity contribution in [1.82, 2.24) is 14.8 Å². The number of nitrogens with zero attached hydrogens (tertiary/aromatic N) is 3. The summed E-state index contributed by atoms with van der Waals surface area (Å²) in [6, 6.07) is 8.44. The highest BCUT2D eigenvalue weighted by atomic mass is 16.5. The summed E-state index contributed by atoms with van der Waals surface area (Å²) in [6.45, 7) is 1.50. The quantitative estimate of drug-likeness (QED) is 0.847. The Morgan fingerprint density at radius 1 is 1.25 bits per heavy atom. The van der Waals surface area contributed by atoms with Crippen LogP contribution in [0.1, 0.15) is 29.6 Å². The van der Waals surface area contributed by atoms with E-state index in [0.29, 0.717) is 6.61 Å². The number of aryl methyl sites for hydroxylation is 1. The maximum absolute atomic E-state index is 6.08. The normalized spacial score (nSPS) is 24.6. The lowest BCUT2D eigenvalue weighted by molar-refractivity contribution is 0.252. The van der Waals surface area contributed by atoms with Gasteiger partial charge in [-0.25, -0.2) is 0 Å². The number of fused-ring (bicyclic) bond motifs is 2. The first kappa shape index (κ1) is 11.9. The summed E-state index contributed by atoms with van der Waals surface area (Å²) in [5, 5.41) is 8.73. The molecule has 5 nitrogen and oxygen atoms in total. The molecule has 20 heavy (non-hydrogen) atoms. The van der Waals surface area contributed by atoms with E-state index in [-0.39, 0.29) is 12.0 Å². The molecule has 2 N–H and O–H groups in total. The molecule has 2 aliphatic heterocycles. The van der Waals surface area contributed by atoms with Crippen molar-refractivity contribution in [1.29, 1.82) is 0 Å². The van der Waals surface area contributed by atoms with Crippen LogP contribution in [0, 0.1) is 0 Å². The smallest absolute Gasteiger partial charge is 0.139 e. The van der Waals surface area contributed by atoms with Gasteiger partial charge in [0.1, 0.15) is 17.4 Å². The number of rotatable bonds is 1. The predicted molar refractivity (Wildman–Crippen MR) is 74.7 cm³/mol. The van der Waals surface area contributed by atoms with E-state index in [1.807, 2.05) is 12.1 Å². The Hall–Kier alpha value is -1.88. The third-order valence-electron chi connectivity index (χ3n) is 4.26. The zero-order valence-corrected chi connectivity index (χ0v) is 11.3. The summed E-state index contributed by atoms with van der Waals surface area (Å²) >= 11 is 0. The predicted octanol–water partition coefficient (Wildman–Crippen LogP) is 1.27. The Morgan fingerprint density at radius 2 is 2.15 bits per heavy atom. The molecule has 2 aromatic rings. The molecule has 0 radical (unpaired) electrons. The van der Waals surface area contributed by atoms with Gasteiger partial charge in [-0.2, -0.15) is 0 Å². The van der Waals surface area contributed by atoms with Crippen LogP contribution in [0.3, 0.4) is 0 Å². The Kier molecular flexibility index (Phi) is 2.73. The Labute approximate surface area is 117 Å². The van der Waals surface area contributed by atoms with E-state index in [1.54, 1.807) is 0 Å². The number of para-hydroxylation sites is 1. The third-order valence-corrected chi connectivity index (χ3v) is 4.26. The fraction of sp³-hybridized carbons (Fsp3) is 0.467. The molecule has 0 fully saturated rings. The molecule has 4 rings (SSSR count). The second-order valence-electron chi connectivity index (χ2n) is 5.70. The zero-order valence-electron chi connectivity index (χ0n) is 11.3. The first-order valence-corrected chi connectivity index (χ1v) is 7.19. The minimum atomic E-state index is 0.217. The summed E-state index contributed by atoms with van der Waals surface area (Å²) in [4.78, 5) is 0. The van der Waals surface area contributed by atoms with Crippen molar-refractivity contribution in [3.05, 3.63) is 41.5 Å². The highest BCUT2D eigenvalue weighted by molar-refractivity contribution is 5.36. The maximum atomic E-state index is 6.08. The van der Waals surface area contributed by atoms with Gasteiger partial charge in [-0.3, -0.25) is 0 Å². The van der Waals surface area contributed by atoms with E-state index >= 15 is 0 Å². The van der Waals surface area contributed by atoms with E-state index in [1.165, 1.54) is 5.56 Å². The van der Waals surface area contributed by atoms with Gasteiger partial charge in [0.25, 0.3) is 0 Å². The molecule has 0 spiro atoms. The van der Waals surface area contributed by atoms with Gasteiger partial charge in [0, 0.05) is 19.0 Å². The maximum Gasteiger partial charge on any atom is 0.139 e. The van der Waals surface area contributed by atoms with Crippen molar-refractivity contribution in [3.8, 4) is 5.75 Å². The van der Waals surface area contributed by atoms with Crippen LogP contribution in [0.15, 0.2) is 24.3 Å². The molecule has 2 unspecified atom stereocenters. The lowest BCUT2D eigenvalue weighted by Gasteiger charge is -2.27. The average Bonchev–Trinajstić information content (AvgIpc) is 2.89. The molecule has 5 heteroatoms. The Bertz CT molecular complexity index is 637. The highest BCUT2D eigenvalue weighted by Gasteiger charge is 2.29. The number of ether oxygens (including phenoxy) is 1. The molecule has 0 saturated heterocycles. The second-order valence-corrected chi connectivity index (χ2v) is 5.70. The molecule has 104 valence electrons. The van der Waals surface area contributed by atoms with E-state index in [9.17, 15) is 0 Å². The van der Waals surface area contributed by atoms with Gasteiger partial charge in [-0.15, -0.1) is 10.2 Å². The van der Waals surface area contributed by atoms with Crippen LogP contribution in [0.2, 0.25) is 0 Å². The topological polar surface area (TPSA) is 66.0 Å². The highest BCUT2D eigenvalue weighted by Crippen LogP contribution is 2.32. The number of nitrogens with two attached hydrogens (primary N) is 1. The van der Waals surface area contributed by atoms with Gasteiger partial charge < -0.3 is 15.0 Å². The van der Waals surface area contributed by atoms with E-state index in [4.69, 9.17) is 10.5 Å². The van der Waals surface area contributed by atoms with Crippen LogP contribution in [0.5, 0.6) is 5.75 Å². The lowest BCUT2D eigenvalue weighted by atomic mass is 9.95. The van der Waals surface area contributed by atoms with Gasteiger partial charge >= 0.3 is 0 Å². The standard InChI is InChI=1S/C15H18N4O/c16-12-5-6-14-17-18-15(19(14)8-12)11-7-10-3-1-2-4-13(10)20-9-11/h1-4,11-12H,5-9,16H2. The van der Waals surface area contributed by atoms with Crippen LogP contribution in [-0.2, 0) is 19.4 Å². The number of hydrogen-bond acceptors (Lipinski definition) is 4. The molecular formula is C15H18N4O. The van der Waals surface area contributed by atoms with Crippen molar-refractivity contribution >= 4 is 0 Å². The van der Waals surface area contributed by atoms with Gasteiger partial charge in [0.2, 0.25) is 0 Å². The van der Waals surface area contributed by atoms with Crippen molar-refractivity contribution < 1.29 is 4.74 Å². The fourth-order valence-corrected chi connectivity index (χ4v) is 3.17. The minimum absolute atomic E-state index is 0.217. The molecule has 1 aromatic carbocycles. The molecule has 2 atom stereocenters. The van der Waals surface area contributed by atoms with Gasteiger partial charge in [-0.1, -0.05) is 18.2 Å². The number of benzene rings is 1. The van der Waals surface area contributed by atoms with Crippen molar-refractivity contribution in [2.24, 2.45) is 5.73 Å². The summed E-state index contributed by atoms with van der Waals surface area (Å²) in [5.74, 6) is 3.38. The third kappa shape index (κ3) is 1.89. The van der Waals surface area contributed by atoms with Crippen molar-refractivity contribution in [3.63, 3.8) is 0 Å². The summed E-state index contributed by atoms with van der Waals surface area (Å²) in [5.41, 5.74) is 7.33. The zero-order chi connectivity index (χ0) is 13.5. The van der Waals surface area contributed by atoms with E-state index in [0.717, 1.165) is 43.2 Å². The first-order chi connectivity index (χ1) is 9.81. The largest absolute Gasteiger partial charge is 0.493 e. The lowest BCUT2D eigenvalue weighted by Crippen LogP contribution is -2.34. The fourth-order valence-electron chi connectivity index (χ4n) is 3.17. The molecular weight excluding hydrogens is 252 g/mol. The van der Waals surface area contributed by atoms with Crippen LogP contribution >= 0.6 is 0 Å². The monoisotopic (exact) mass is 270 g/mol. The van der Waals surface area contributed by atoms with Crippen molar-refractivity contribution in [2.45, 2.75) is 37.8 Å². The molecule has 2 aliphatic rings. The van der Waals surface area contributed by atoms with Crippen molar-refractivity contribution in [2.75, 3.05) is 6.61 Å². The molecule has 0 aliphatic carbocycles. The van der Waals surface area contributed by atoms with Crippen LogP contribution in [-0.4, -0.2) is 27.4 Å². The molecule has 0 amide bonds. The number of aromatic nitrogens is 3. The molecule has 0 bridgehead atoms. The summed E-state index contributed by atoms with van der Waals surface area (Å²) < 4.78 is 8.07. The molecule has 3 heterocycles. The minimum Gasteiger partial charge on any atom is -0.493 e. The summed E-state index contributed by atoms with van der Waals surface area (Å²) in [6.07, 6.45) is 2.89. The summed E-state index contributed by atoms with van der Waals surface area (Å²) in [7, 11) is 0. The van der Waals surface area contributed by atoms with Crippen LogP contribution in [0.25, 0.3) is 0 Å². The van der Waals surface area contributed by atoms with E-state index in [2.05, 4.69) is 26.9 Å². The van der Waals surface area contributed by atoms with Gasteiger partial charge in [-0.05, 0) is 24.5 Å². The SMILES string of the molecule is NC1CCc2nnc(C3COc4ccccc4C3)n2C1. The number of hydrogen-bond donors (Lipinski definition) is 1. The average molecular weight is 270 g/mol. The van der Waals surface area contributed by atoms with E-state index < -0.39 is 0 Å². The van der Waals surface area contributed by atoms with Crippen LogP contribution < -0.4 is 10.5 Å². The second kappa shape index (κ2) is 4.59. The van der Waals surface area contributed by atoms with Gasteiger partial charge in [0.05, 0.1) is 12.5 Å². The van der Waals surface area contributed by atoms with Crippen LogP contribution in [0.4, 0.5) is 0 Å². The molecule has 0 saturated carbocycles. The Balaban J connectivity index is 1.65. The first-order valence-electron chi connectivity index (χ1n) is 7.19.